The van der Waals surface area contributed by atoms with Crippen LogP contribution >= 0.6 is 12.2 Å². The highest BCUT2D eigenvalue weighted by Gasteiger charge is 2.14. The van der Waals surface area contributed by atoms with Gasteiger partial charge in [0.1, 0.15) is 5.75 Å². The number of pyridine rings is 1. The van der Waals surface area contributed by atoms with Crippen LogP contribution in [0, 0.1) is 0 Å². The number of ether oxygens (including phenoxy) is 3. The molecule has 8 nitrogen and oxygen atoms in total. The Balaban J connectivity index is 1.70. The maximum Gasteiger partial charge on any atom is 0.253 e. The van der Waals surface area contributed by atoms with Crippen LogP contribution < -0.4 is 25.1 Å². The minimum absolute atomic E-state index is 0.124. The number of hydrogen-bond acceptors (Lipinski definition) is 6. The molecule has 0 amide bonds. The monoisotopic (exact) mass is 512 g/mol. The van der Waals surface area contributed by atoms with Crippen LogP contribution in [0.5, 0.6) is 17.2 Å². The first kappa shape index (κ1) is 27.3. The molecule has 0 saturated heterocycles. The second-order valence-electron chi connectivity index (χ2n) is 8.83. The van der Waals surface area contributed by atoms with Crippen molar-refractivity contribution in [2.45, 2.75) is 19.4 Å². The van der Waals surface area contributed by atoms with E-state index in [1.54, 1.807) is 21.3 Å². The van der Waals surface area contributed by atoms with Crippen molar-refractivity contribution in [2.24, 2.45) is 0 Å². The number of aromatic amines is 1. The molecule has 3 aromatic rings. The first-order valence-electron chi connectivity index (χ1n) is 11.9. The predicted octanol–water partition coefficient (Wildman–Crippen LogP) is 3.42. The zero-order valence-electron chi connectivity index (χ0n) is 21.7. The Morgan fingerprint density at radius 3 is 2.44 bits per heavy atom. The Hall–Kier alpha value is -3.30. The molecule has 3 rings (SSSR count). The Labute approximate surface area is 218 Å². The second kappa shape index (κ2) is 13.1. The normalized spacial score (nSPS) is 10.9. The lowest BCUT2D eigenvalue weighted by atomic mass is 10.1. The van der Waals surface area contributed by atoms with E-state index in [0.717, 1.165) is 42.4 Å². The van der Waals surface area contributed by atoms with E-state index in [1.165, 1.54) is 0 Å². The molecule has 1 aromatic heterocycles. The number of nitrogens with zero attached hydrogens (tertiary/aromatic N) is 2. The molecule has 0 unspecified atom stereocenters. The van der Waals surface area contributed by atoms with Gasteiger partial charge in [-0.15, -0.1) is 0 Å². The van der Waals surface area contributed by atoms with Gasteiger partial charge >= 0.3 is 0 Å². The highest BCUT2D eigenvalue weighted by Crippen LogP contribution is 2.27. The minimum Gasteiger partial charge on any atom is -0.497 e. The summed E-state index contributed by atoms with van der Waals surface area (Å²) in [6.07, 6.45) is 1.69. The lowest BCUT2D eigenvalue weighted by Crippen LogP contribution is -2.42. The molecule has 36 heavy (non-hydrogen) atoms. The van der Waals surface area contributed by atoms with E-state index in [-0.39, 0.29) is 5.56 Å². The van der Waals surface area contributed by atoms with Gasteiger partial charge in [-0.2, -0.15) is 0 Å². The quantitative estimate of drug-likeness (QED) is 0.358. The Bertz CT molecular complexity index is 1230. The van der Waals surface area contributed by atoms with Crippen molar-refractivity contribution < 1.29 is 14.2 Å². The number of aromatic nitrogens is 1. The van der Waals surface area contributed by atoms with Crippen LogP contribution in [0.2, 0.25) is 0 Å². The lowest BCUT2D eigenvalue weighted by molar-refractivity contribution is 0.340. The highest BCUT2D eigenvalue weighted by atomic mass is 32.1. The maximum absolute atomic E-state index is 12.9. The first-order valence-corrected chi connectivity index (χ1v) is 12.3. The average Bonchev–Trinajstić information content (AvgIpc) is 2.87. The fourth-order valence-corrected chi connectivity index (χ4v) is 4.23. The van der Waals surface area contributed by atoms with Crippen molar-refractivity contribution in [1.82, 2.24) is 20.1 Å². The number of H-pyrrole nitrogens is 1. The summed E-state index contributed by atoms with van der Waals surface area (Å²) < 4.78 is 16.0. The van der Waals surface area contributed by atoms with Gasteiger partial charge in [-0.05, 0) is 87.0 Å². The topological polar surface area (TPSA) is 79.1 Å². The number of thiocarbonyl (C=S) groups is 1. The van der Waals surface area contributed by atoms with Crippen LogP contribution in [0.25, 0.3) is 10.9 Å². The standard InChI is InChI=1S/C27H36N4O4S/c1-30(2)13-6-14-31(18-21-16-20-8-9-22(33-3)17-23(20)29-26(21)32)27(36)28-12-11-19-7-10-24(34-4)25(15-19)35-5/h7-10,15-17H,6,11-14,18H2,1-5H3,(H,28,36)(H,29,32). The van der Waals surface area contributed by atoms with E-state index in [2.05, 4.69) is 20.1 Å². The van der Waals surface area contributed by atoms with Gasteiger partial charge in [0.05, 0.1) is 33.4 Å². The number of hydrogen-bond donors (Lipinski definition) is 2. The molecule has 2 N–H and O–H groups in total. The molecular weight excluding hydrogens is 476 g/mol. The van der Waals surface area contributed by atoms with Crippen LogP contribution in [0.3, 0.4) is 0 Å². The summed E-state index contributed by atoms with van der Waals surface area (Å²) in [4.78, 5) is 20.1. The van der Waals surface area contributed by atoms with E-state index < -0.39 is 0 Å². The van der Waals surface area contributed by atoms with Gasteiger partial charge in [0.2, 0.25) is 0 Å². The van der Waals surface area contributed by atoms with Gasteiger partial charge in [-0.3, -0.25) is 4.79 Å². The fourth-order valence-electron chi connectivity index (χ4n) is 3.97. The summed E-state index contributed by atoms with van der Waals surface area (Å²) >= 11 is 5.76. The van der Waals surface area contributed by atoms with Crippen LogP contribution in [0.4, 0.5) is 0 Å². The molecule has 0 atom stereocenters. The average molecular weight is 513 g/mol. The molecule has 2 aromatic carbocycles. The van der Waals surface area contributed by atoms with Crippen molar-refractivity contribution in [1.29, 1.82) is 0 Å². The molecule has 0 radical (unpaired) electrons. The molecule has 0 spiro atoms. The third kappa shape index (κ3) is 7.35. The van der Waals surface area contributed by atoms with Gasteiger partial charge in [0.25, 0.3) is 5.56 Å². The predicted molar refractivity (Wildman–Crippen MR) is 149 cm³/mol. The van der Waals surface area contributed by atoms with Crippen molar-refractivity contribution >= 4 is 28.2 Å². The van der Waals surface area contributed by atoms with Crippen LogP contribution in [-0.2, 0) is 13.0 Å². The number of rotatable bonds is 12. The van der Waals surface area contributed by atoms with E-state index in [0.29, 0.717) is 41.0 Å². The second-order valence-corrected chi connectivity index (χ2v) is 9.21. The van der Waals surface area contributed by atoms with Gasteiger partial charge < -0.3 is 34.3 Å². The number of benzene rings is 2. The minimum atomic E-state index is -0.124. The fraction of sp³-hybridized carbons (Fsp3) is 0.407. The summed E-state index contributed by atoms with van der Waals surface area (Å²) in [6, 6.07) is 13.5. The number of fused-ring (bicyclic) bond motifs is 1. The van der Waals surface area contributed by atoms with Gasteiger partial charge in [0, 0.05) is 24.7 Å². The van der Waals surface area contributed by atoms with Crippen molar-refractivity contribution in [3.8, 4) is 17.2 Å². The van der Waals surface area contributed by atoms with E-state index in [1.807, 2.05) is 56.6 Å². The zero-order chi connectivity index (χ0) is 26.1. The van der Waals surface area contributed by atoms with Gasteiger partial charge in [-0.25, -0.2) is 0 Å². The molecular formula is C27H36N4O4S. The summed E-state index contributed by atoms with van der Waals surface area (Å²) in [6.45, 7) is 2.75. The zero-order valence-corrected chi connectivity index (χ0v) is 22.5. The maximum atomic E-state index is 12.9. The summed E-state index contributed by atoms with van der Waals surface area (Å²) in [5.41, 5.74) is 2.41. The van der Waals surface area contributed by atoms with Crippen LogP contribution in [0.15, 0.2) is 47.3 Å². The molecule has 0 aliphatic rings. The molecule has 0 aliphatic heterocycles. The molecule has 0 saturated carbocycles. The number of nitrogens with one attached hydrogen (secondary N) is 2. The van der Waals surface area contributed by atoms with Crippen molar-refractivity contribution in [3.05, 3.63) is 63.9 Å². The molecule has 0 fully saturated rings. The Morgan fingerprint density at radius 1 is 0.972 bits per heavy atom. The van der Waals surface area contributed by atoms with Gasteiger partial charge in [0.15, 0.2) is 16.6 Å². The van der Waals surface area contributed by atoms with Crippen molar-refractivity contribution in [2.75, 3.05) is 55.1 Å². The molecule has 0 bridgehead atoms. The summed E-state index contributed by atoms with van der Waals surface area (Å²) in [5.74, 6) is 2.11. The summed E-state index contributed by atoms with van der Waals surface area (Å²) in [7, 11) is 8.96. The van der Waals surface area contributed by atoms with Crippen LogP contribution in [0.1, 0.15) is 17.5 Å². The Morgan fingerprint density at radius 2 is 1.75 bits per heavy atom. The molecule has 194 valence electrons. The Kier molecular flexibility index (Phi) is 9.95. The third-order valence-electron chi connectivity index (χ3n) is 5.95. The largest absolute Gasteiger partial charge is 0.497 e. The van der Waals surface area contributed by atoms with Crippen molar-refractivity contribution in [3.63, 3.8) is 0 Å². The van der Waals surface area contributed by atoms with E-state index in [4.69, 9.17) is 26.4 Å². The lowest BCUT2D eigenvalue weighted by Gasteiger charge is -2.26. The van der Waals surface area contributed by atoms with E-state index >= 15 is 0 Å². The molecule has 0 aliphatic carbocycles. The SMILES string of the molecule is COc1ccc2cc(CN(CCCN(C)C)C(=S)NCCc3ccc(OC)c(OC)c3)c(=O)[nH]c2c1. The smallest absolute Gasteiger partial charge is 0.253 e. The summed E-state index contributed by atoms with van der Waals surface area (Å²) in [5, 5.41) is 4.95. The van der Waals surface area contributed by atoms with Crippen LogP contribution in [-0.4, -0.2) is 75.0 Å². The highest BCUT2D eigenvalue weighted by molar-refractivity contribution is 7.80. The molecule has 9 heteroatoms. The third-order valence-corrected chi connectivity index (χ3v) is 6.35. The molecule has 1 heterocycles. The first-order chi connectivity index (χ1) is 17.3. The van der Waals surface area contributed by atoms with Gasteiger partial charge in [-0.1, -0.05) is 6.07 Å². The number of methoxy groups -OCH3 is 3. The van der Waals surface area contributed by atoms with E-state index in [9.17, 15) is 4.79 Å².